The van der Waals surface area contributed by atoms with Crippen LogP contribution < -0.4 is 20.5 Å². The highest BCUT2D eigenvalue weighted by Crippen LogP contribution is 2.34. The fourth-order valence-electron chi connectivity index (χ4n) is 3.10. The van der Waals surface area contributed by atoms with Crippen LogP contribution in [-0.4, -0.2) is 34.1 Å². The van der Waals surface area contributed by atoms with Crippen molar-refractivity contribution < 1.29 is 17.9 Å². The van der Waals surface area contributed by atoms with Crippen molar-refractivity contribution in [1.29, 1.82) is 0 Å². The number of rotatable bonds is 9. The normalized spacial score (nSPS) is 12.6. The van der Waals surface area contributed by atoms with Crippen LogP contribution in [0.1, 0.15) is 43.9 Å². The van der Waals surface area contributed by atoms with Gasteiger partial charge in [-0.15, -0.1) is 0 Å². The largest absolute Gasteiger partial charge is 0.493 e. The Morgan fingerprint density at radius 3 is 2.43 bits per heavy atom. The minimum Gasteiger partial charge on any atom is -0.493 e. The zero-order valence-electron chi connectivity index (χ0n) is 17.2. The van der Waals surface area contributed by atoms with Gasteiger partial charge in [0.1, 0.15) is 9.84 Å². The lowest BCUT2D eigenvalue weighted by atomic mass is 9.99. The summed E-state index contributed by atoms with van der Waals surface area (Å²) < 4.78 is 35.1. The van der Waals surface area contributed by atoms with E-state index in [4.69, 9.17) is 15.2 Å². The number of para-hydroxylation sites is 1. The van der Waals surface area contributed by atoms with E-state index < -0.39 is 15.9 Å². The first kappa shape index (κ1) is 21.9. The van der Waals surface area contributed by atoms with Crippen LogP contribution in [0.15, 0.2) is 36.4 Å². The highest BCUT2D eigenvalue weighted by atomic mass is 32.2. The summed E-state index contributed by atoms with van der Waals surface area (Å²) in [6.07, 6.45) is 1.22. The topological polar surface area (TPSA) is 90.7 Å². The molecule has 0 saturated heterocycles. The lowest BCUT2D eigenvalue weighted by Gasteiger charge is -2.23. The summed E-state index contributed by atoms with van der Waals surface area (Å²) in [5, 5.41) is 3.32. The number of nitrogens with two attached hydrogens (primary N) is 1. The van der Waals surface area contributed by atoms with Gasteiger partial charge in [-0.05, 0) is 42.2 Å². The van der Waals surface area contributed by atoms with Gasteiger partial charge in [-0.3, -0.25) is 0 Å². The SMILES string of the molecule is CCOc1cc([C@@H](CS(C)(=O)=O)Nc2cccc(C(C)C)c2N)ccc1OC. The summed E-state index contributed by atoms with van der Waals surface area (Å²) in [6, 6.07) is 10.7. The van der Waals surface area contributed by atoms with Crippen molar-refractivity contribution in [3.05, 3.63) is 47.5 Å². The maximum absolute atomic E-state index is 12.1. The maximum Gasteiger partial charge on any atom is 0.161 e. The lowest BCUT2D eigenvalue weighted by molar-refractivity contribution is 0.310. The smallest absolute Gasteiger partial charge is 0.161 e. The first-order chi connectivity index (χ1) is 13.2. The van der Waals surface area contributed by atoms with Crippen LogP contribution in [0.2, 0.25) is 0 Å². The van der Waals surface area contributed by atoms with Gasteiger partial charge in [0.25, 0.3) is 0 Å². The molecule has 6 nitrogen and oxygen atoms in total. The highest BCUT2D eigenvalue weighted by Gasteiger charge is 2.21. The van der Waals surface area contributed by atoms with Crippen molar-refractivity contribution in [3.63, 3.8) is 0 Å². The summed E-state index contributed by atoms with van der Waals surface area (Å²) in [5.41, 5.74) is 9.49. The summed E-state index contributed by atoms with van der Waals surface area (Å²) in [4.78, 5) is 0. The van der Waals surface area contributed by atoms with Gasteiger partial charge >= 0.3 is 0 Å². The first-order valence-corrected chi connectivity index (χ1v) is 11.4. The van der Waals surface area contributed by atoms with E-state index in [9.17, 15) is 8.42 Å². The standard InChI is InChI=1S/C21H30N2O4S/c1-6-27-20-12-15(10-11-19(20)26-4)18(13-28(5,24)25)23-17-9-7-8-16(14(2)3)21(17)22/h7-12,14,18,23H,6,13,22H2,1-5H3/t18-/m1/s1. The number of hydrogen-bond donors (Lipinski definition) is 2. The Kier molecular flexibility index (Phi) is 7.18. The van der Waals surface area contributed by atoms with Crippen LogP contribution in [0, 0.1) is 0 Å². The lowest BCUT2D eigenvalue weighted by Crippen LogP contribution is -2.21. The zero-order chi connectivity index (χ0) is 20.9. The van der Waals surface area contributed by atoms with E-state index in [2.05, 4.69) is 19.2 Å². The molecule has 0 amide bonds. The third-order valence-electron chi connectivity index (χ3n) is 4.45. The van der Waals surface area contributed by atoms with E-state index >= 15 is 0 Å². The number of nitrogen functional groups attached to an aromatic ring is 1. The van der Waals surface area contributed by atoms with Crippen molar-refractivity contribution >= 4 is 21.2 Å². The average molecular weight is 407 g/mol. The summed E-state index contributed by atoms with van der Waals surface area (Å²) in [6.45, 7) is 6.51. The Morgan fingerprint density at radius 2 is 1.86 bits per heavy atom. The monoisotopic (exact) mass is 406 g/mol. The number of anilines is 2. The Hall–Kier alpha value is -2.41. The summed E-state index contributed by atoms with van der Waals surface area (Å²) >= 11 is 0. The van der Waals surface area contributed by atoms with E-state index in [-0.39, 0.29) is 11.7 Å². The molecule has 7 heteroatoms. The predicted molar refractivity (Wildman–Crippen MR) is 115 cm³/mol. The number of hydrogen-bond acceptors (Lipinski definition) is 6. The van der Waals surface area contributed by atoms with Gasteiger partial charge in [0.05, 0.1) is 36.9 Å². The Balaban J connectivity index is 2.47. The second-order valence-electron chi connectivity index (χ2n) is 7.10. The molecule has 0 bridgehead atoms. The molecule has 0 aromatic heterocycles. The molecule has 0 radical (unpaired) electrons. The maximum atomic E-state index is 12.1. The number of nitrogens with one attached hydrogen (secondary N) is 1. The van der Waals surface area contributed by atoms with Crippen LogP contribution in [0.4, 0.5) is 11.4 Å². The number of methoxy groups -OCH3 is 1. The fraction of sp³-hybridized carbons (Fsp3) is 0.429. The van der Waals surface area contributed by atoms with Gasteiger partial charge in [0.2, 0.25) is 0 Å². The van der Waals surface area contributed by atoms with Crippen molar-refractivity contribution in [1.82, 2.24) is 0 Å². The molecule has 0 aliphatic rings. The van der Waals surface area contributed by atoms with E-state index in [0.717, 1.165) is 11.1 Å². The molecule has 0 saturated carbocycles. The molecule has 0 spiro atoms. The molecule has 0 fully saturated rings. The number of sulfone groups is 1. The van der Waals surface area contributed by atoms with Crippen LogP contribution >= 0.6 is 0 Å². The van der Waals surface area contributed by atoms with Crippen LogP contribution in [0.25, 0.3) is 0 Å². The fourth-order valence-corrected chi connectivity index (χ4v) is 3.98. The molecule has 1 atom stereocenters. The Bertz CT molecular complexity index is 911. The second-order valence-corrected chi connectivity index (χ2v) is 9.28. The Morgan fingerprint density at radius 1 is 1.14 bits per heavy atom. The number of ether oxygens (including phenoxy) is 2. The Labute approximate surface area is 168 Å². The van der Waals surface area contributed by atoms with E-state index in [1.807, 2.05) is 37.3 Å². The van der Waals surface area contributed by atoms with Gasteiger partial charge in [-0.1, -0.05) is 32.0 Å². The van der Waals surface area contributed by atoms with Crippen molar-refractivity contribution in [2.45, 2.75) is 32.7 Å². The van der Waals surface area contributed by atoms with Gasteiger partial charge in [-0.2, -0.15) is 0 Å². The zero-order valence-corrected chi connectivity index (χ0v) is 18.0. The molecule has 0 aliphatic heterocycles. The third kappa shape index (κ3) is 5.55. The minimum absolute atomic E-state index is 0.0732. The van der Waals surface area contributed by atoms with Gasteiger partial charge in [-0.25, -0.2) is 8.42 Å². The van der Waals surface area contributed by atoms with Gasteiger partial charge in [0, 0.05) is 6.26 Å². The molecule has 28 heavy (non-hydrogen) atoms. The highest BCUT2D eigenvalue weighted by molar-refractivity contribution is 7.90. The quantitative estimate of drug-likeness (QED) is 0.612. The second kappa shape index (κ2) is 9.19. The molecular weight excluding hydrogens is 376 g/mol. The molecule has 0 heterocycles. The molecule has 0 unspecified atom stereocenters. The van der Waals surface area contributed by atoms with E-state index in [1.165, 1.54) is 6.26 Å². The summed E-state index contributed by atoms with van der Waals surface area (Å²) in [5.74, 6) is 1.37. The van der Waals surface area contributed by atoms with E-state index in [0.29, 0.717) is 29.5 Å². The molecule has 2 rings (SSSR count). The number of benzene rings is 2. The molecule has 154 valence electrons. The summed E-state index contributed by atoms with van der Waals surface area (Å²) in [7, 11) is -1.68. The minimum atomic E-state index is -3.25. The van der Waals surface area contributed by atoms with Crippen LogP contribution in [0.3, 0.4) is 0 Å². The van der Waals surface area contributed by atoms with E-state index in [1.54, 1.807) is 13.2 Å². The van der Waals surface area contributed by atoms with Crippen molar-refractivity contribution in [3.8, 4) is 11.5 Å². The predicted octanol–water partition coefficient (Wildman–Crippen LogP) is 4.00. The first-order valence-electron chi connectivity index (χ1n) is 9.29. The van der Waals surface area contributed by atoms with Crippen molar-refractivity contribution in [2.24, 2.45) is 0 Å². The molecule has 3 N–H and O–H groups in total. The average Bonchev–Trinajstić information content (AvgIpc) is 2.61. The van der Waals surface area contributed by atoms with Gasteiger partial charge < -0.3 is 20.5 Å². The van der Waals surface area contributed by atoms with Crippen LogP contribution in [0.5, 0.6) is 11.5 Å². The molecule has 0 aliphatic carbocycles. The third-order valence-corrected chi connectivity index (χ3v) is 5.39. The molecular formula is C21H30N2O4S. The molecule has 2 aromatic carbocycles. The molecule has 2 aromatic rings. The van der Waals surface area contributed by atoms with Gasteiger partial charge in [0.15, 0.2) is 11.5 Å². The van der Waals surface area contributed by atoms with Crippen molar-refractivity contribution in [2.75, 3.05) is 36.8 Å². The van der Waals surface area contributed by atoms with Crippen LogP contribution in [-0.2, 0) is 9.84 Å².